The maximum atomic E-state index is 11.9. The van der Waals surface area contributed by atoms with Gasteiger partial charge in [-0.2, -0.15) is 0 Å². The first-order valence-electron chi connectivity index (χ1n) is 7.89. The zero-order valence-electron chi connectivity index (χ0n) is 13.2. The lowest BCUT2D eigenvalue weighted by Gasteiger charge is -2.26. The summed E-state index contributed by atoms with van der Waals surface area (Å²) in [7, 11) is 0. The summed E-state index contributed by atoms with van der Waals surface area (Å²) in [6, 6.07) is 7.88. The molecule has 0 aliphatic carbocycles. The number of carbonyl (C=O) groups excluding carboxylic acids is 1. The molecule has 0 radical (unpaired) electrons. The molecule has 1 fully saturated rings. The van der Waals surface area contributed by atoms with Crippen molar-refractivity contribution in [1.82, 2.24) is 15.6 Å². The van der Waals surface area contributed by atoms with E-state index >= 15 is 0 Å². The van der Waals surface area contributed by atoms with Crippen molar-refractivity contribution >= 4 is 17.2 Å². The average molecular weight is 331 g/mol. The summed E-state index contributed by atoms with van der Waals surface area (Å²) in [5.41, 5.74) is 1.87. The van der Waals surface area contributed by atoms with Crippen LogP contribution in [0.25, 0.3) is 10.6 Å². The number of hydrogen-bond donors (Lipinski definition) is 2. The number of amides is 1. The number of rotatable bonds is 7. The number of carbonyl (C=O) groups is 1. The van der Waals surface area contributed by atoms with Crippen molar-refractivity contribution in [3.8, 4) is 16.3 Å². The minimum atomic E-state index is 0.0421. The van der Waals surface area contributed by atoms with Gasteiger partial charge < -0.3 is 15.4 Å². The van der Waals surface area contributed by atoms with E-state index in [0.717, 1.165) is 41.6 Å². The highest BCUT2D eigenvalue weighted by Gasteiger charge is 2.17. The van der Waals surface area contributed by atoms with Crippen LogP contribution in [0.15, 0.2) is 29.6 Å². The van der Waals surface area contributed by atoms with Crippen molar-refractivity contribution in [2.24, 2.45) is 5.92 Å². The van der Waals surface area contributed by atoms with Crippen LogP contribution < -0.4 is 15.4 Å². The lowest BCUT2D eigenvalue weighted by Crippen LogP contribution is -2.48. The summed E-state index contributed by atoms with van der Waals surface area (Å²) >= 11 is 1.56. The van der Waals surface area contributed by atoms with Crippen molar-refractivity contribution in [2.75, 3.05) is 26.2 Å². The molecule has 122 valence electrons. The highest BCUT2D eigenvalue weighted by Crippen LogP contribution is 2.26. The van der Waals surface area contributed by atoms with Gasteiger partial charge in [0.25, 0.3) is 0 Å². The molecule has 0 unspecified atom stereocenters. The first-order chi connectivity index (χ1) is 11.2. The lowest BCUT2D eigenvalue weighted by molar-refractivity contribution is -0.120. The predicted octanol–water partition coefficient (Wildman–Crippen LogP) is 2.09. The van der Waals surface area contributed by atoms with Crippen LogP contribution in [0.1, 0.15) is 12.6 Å². The van der Waals surface area contributed by atoms with Crippen LogP contribution in [-0.4, -0.2) is 37.1 Å². The van der Waals surface area contributed by atoms with Gasteiger partial charge >= 0.3 is 0 Å². The Morgan fingerprint density at radius 1 is 1.39 bits per heavy atom. The monoisotopic (exact) mass is 331 g/mol. The van der Waals surface area contributed by atoms with Crippen LogP contribution in [-0.2, 0) is 11.2 Å². The topological polar surface area (TPSA) is 63.2 Å². The van der Waals surface area contributed by atoms with Crippen molar-refractivity contribution in [3.05, 3.63) is 35.3 Å². The molecule has 1 aromatic heterocycles. The highest BCUT2D eigenvalue weighted by atomic mass is 32.1. The van der Waals surface area contributed by atoms with E-state index in [2.05, 4.69) is 15.6 Å². The van der Waals surface area contributed by atoms with Crippen LogP contribution in [0.2, 0.25) is 0 Å². The van der Waals surface area contributed by atoms with Crippen molar-refractivity contribution in [3.63, 3.8) is 0 Å². The highest BCUT2D eigenvalue weighted by molar-refractivity contribution is 7.13. The molecule has 2 heterocycles. The van der Waals surface area contributed by atoms with E-state index in [1.165, 1.54) is 0 Å². The molecule has 5 nitrogen and oxygen atoms in total. The third-order valence-electron chi connectivity index (χ3n) is 3.76. The SMILES string of the molecule is CCOc1ccc(-c2nc(CC(=O)NCC3CNC3)cs2)cc1. The van der Waals surface area contributed by atoms with Crippen LogP contribution in [0.4, 0.5) is 0 Å². The first-order valence-corrected chi connectivity index (χ1v) is 8.77. The van der Waals surface area contributed by atoms with E-state index in [9.17, 15) is 4.79 Å². The summed E-state index contributed by atoms with van der Waals surface area (Å²) in [6.07, 6.45) is 0.341. The second-order valence-electron chi connectivity index (χ2n) is 5.61. The van der Waals surface area contributed by atoms with E-state index in [1.807, 2.05) is 36.6 Å². The molecule has 1 aliphatic heterocycles. The van der Waals surface area contributed by atoms with E-state index in [1.54, 1.807) is 11.3 Å². The second-order valence-corrected chi connectivity index (χ2v) is 6.46. The molecule has 1 aromatic carbocycles. The number of nitrogens with zero attached hydrogens (tertiary/aromatic N) is 1. The minimum Gasteiger partial charge on any atom is -0.494 e. The second kappa shape index (κ2) is 7.57. The summed E-state index contributed by atoms with van der Waals surface area (Å²) in [6.45, 7) is 5.37. The van der Waals surface area contributed by atoms with Gasteiger partial charge in [0.1, 0.15) is 10.8 Å². The third kappa shape index (κ3) is 4.30. The molecular formula is C17H21N3O2S. The Morgan fingerprint density at radius 3 is 2.83 bits per heavy atom. The molecule has 3 rings (SSSR count). The standard InChI is InChI=1S/C17H21N3O2S/c1-2-22-15-5-3-13(4-6-15)17-20-14(11-23-17)7-16(21)19-10-12-8-18-9-12/h3-6,11-12,18H,2,7-10H2,1H3,(H,19,21). The molecule has 23 heavy (non-hydrogen) atoms. The third-order valence-corrected chi connectivity index (χ3v) is 4.70. The van der Waals surface area contributed by atoms with Crippen molar-refractivity contribution < 1.29 is 9.53 Å². The lowest BCUT2D eigenvalue weighted by atomic mass is 10.0. The Balaban J connectivity index is 1.55. The Bertz CT molecular complexity index is 650. The fourth-order valence-corrected chi connectivity index (χ4v) is 3.18. The largest absolute Gasteiger partial charge is 0.494 e. The van der Waals surface area contributed by atoms with E-state index in [4.69, 9.17) is 4.74 Å². The summed E-state index contributed by atoms with van der Waals surface area (Å²) in [5, 5.41) is 9.05. The maximum absolute atomic E-state index is 11.9. The molecule has 1 amide bonds. The fourth-order valence-electron chi connectivity index (χ4n) is 2.36. The molecule has 0 spiro atoms. The quantitative estimate of drug-likeness (QED) is 0.815. The van der Waals surface area contributed by atoms with Gasteiger partial charge in [-0.15, -0.1) is 11.3 Å². The van der Waals surface area contributed by atoms with Crippen molar-refractivity contribution in [1.29, 1.82) is 0 Å². The average Bonchev–Trinajstić information content (AvgIpc) is 2.95. The molecule has 2 aromatic rings. The minimum absolute atomic E-state index is 0.0421. The molecule has 0 saturated carbocycles. The number of aromatic nitrogens is 1. The van der Waals surface area contributed by atoms with Gasteiger partial charge in [0.05, 0.1) is 18.7 Å². The van der Waals surface area contributed by atoms with E-state index < -0.39 is 0 Å². The molecule has 0 atom stereocenters. The maximum Gasteiger partial charge on any atom is 0.226 e. The van der Waals surface area contributed by atoms with Crippen molar-refractivity contribution in [2.45, 2.75) is 13.3 Å². The van der Waals surface area contributed by atoms with Gasteiger partial charge in [-0.05, 0) is 31.2 Å². The number of thiazole rings is 1. The smallest absolute Gasteiger partial charge is 0.226 e. The van der Waals surface area contributed by atoms with Gasteiger partial charge in [-0.25, -0.2) is 4.98 Å². The van der Waals surface area contributed by atoms with E-state index in [0.29, 0.717) is 18.9 Å². The fraction of sp³-hybridized carbons (Fsp3) is 0.412. The Hall–Kier alpha value is -1.92. The normalized spacial score (nSPS) is 14.3. The van der Waals surface area contributed by atoms with Gasteiger partial charge in [-0.3, -0.25) is 4.79 Å². The Morgan fingerprint density at radius 2 is 2.17 bits per heavy atom. The van der Waals surface area contributed by atoms with Crippen LogP contribution in [0.3, 0.4) is 0 Å². The zero-order valence-corrected chi connectivity index (χ0v) is 14.0. The predicted molar refractivity (Wildman–Crippen MR) is 91.8 cm³/mol. The number of nitrogens with one attached hydrogen (secondary N) is 2. The van der Waals surface area contributed by atoms with Crippen LogP contribution >= 0.6 is 11.3 Å². The molecule has 1 saturated heterocycles. The summed E-state index contributed by atoms with van der Waals surface area (Å²) in [4.78, 5) is 16.5. The van der Waals surface area contributed by atoms with Gasteiger partial charge in [0.2, 0.25) is 5.91 Å². The summed E-state index contributed by atoms with van der Waals surface area (Å²) < 4.78 is 5.44. The number of ether oxygens (including phenoxy) is 1. The first kappa shape index (κ1) is 16.0. The molecular weight excluding hydrogens is 310 g/mol. The number of hydrogen-bond acceptors (Lipinski definition) is 5. The Labute approximate surface area is 140 Å². The number of benzene rings is 1. The van der Waals surface area contributed by atoms with Gasteiger partial charge in [0, 0.05) is 36.5 Å². The van der Waals surface area contributed by atoms with Gasteiger partial charge in [0.15, 0.2) is 0 Å². The zero-order chi connectivity index (χ0) is 16.1. The molecule has 0 bridgehead atoms. The molecule has 6 heteroatoms. The Kier molecular flexibility index (Phi) is 5.25. The molecule has 1 aliphatic rings. The van der Waals surface area contributed by atoms with E-state index in [-0.39, 0.29) is 5.91 Å². The summed E-state index contributed by atoms with van der Waals surface area (Å²) in [5.74, 6) is 1.48. The molecule has 2 N–H and O–H groups in total. The van der Waals surface area contributed by atoms with Crippen LogP contribution in [0.5, 0.6) is 5.75 Å². The van der Waals surface area contributed by atoms with Crippen LogP contribution in [0, 0.1) is 5.92 Å². The van der Waals surface area contributed by atoms with Gasteiger partial charge in [-0.1, -0.05) is 0 Å².